The summed E-state index contributed by atoms with van der Waals surface area (Å²) in [4.78, 5) is 0. The number of benzene rings is 2. The monoisotopic (exact) mass is 379 g/mol. The maximum atomic E-state index is 9.89. The summed E-state index contributed by atoms with van der Waals surface area (Å²) in [6.07, 6.45) is 0. The van der Waals surface area contributed by atoms with Crippen LogP contribution in [0, 0.1) is 0 Å². The van der Waals surface area contributed by atoms with E-state index in [2.05, 4.69) is 5.16 Å². The summed E-state index contributed by atoms with van der Waals surface area (Å²) < 4.78 is 16.1. The number of halogens is 2. The number of methoxy groups -OCH3 is 2. The van der Waals surface area contributed by atoms with Gasteiger partial charge in [0.25, 0.3) is 0 Å². The Morgan fingerprint density at radius 1 is 1.04 bits per heavy atom. The Morgan fingerprint density at radius 3 is 2.52 bits per heavy atom. The molecule has 0 unspecified atom stereocenters. The van der Waals surface area contributed by atoms with E-state index in [1.165, 1.54) is 0 Å². The second-order valence-electron chi connectivity index (χ2n) is 5.19. The SMILES string of the molecule is COc1ccc(-c2noc(-c3cc(Cl)ccc3Cl)c2CO)c(OC)c1. The summed E-state index contributed by atoms with van der Waals surface area (Å²) in [5.41, 5.74) is 2.19. The van der Waals surface area contributed by atoms with Gasteiger partial charge in [0.1, 0.15) is 17.2 Å². The highest BCUT2D eigenvalue weighted by atomic mass is 35.5. The molecule has 130 valence electrons. The van der Waals surface area contributed by atoms with Crippen LogP contribution in [0.3, 0.4) is 0 Å². The molecular weight excluding hydrogens is 365 g/mol. The summed E-state index contributed by atoms with van der Waals surface area (Å²) in [6.45, 7) is -0.286. The van der Waals surface area contributed by atoms with Gasteiger partial charge in [-0.3, -0.25) is 0 Å². The molecule has 25 heavy (non-hydrogen) atoms. The van der Waals surface area contributed by atoms with Gasteiger partial charge in [-0.05, 0) is 30.3 Å². The van der Waals surface area contributed by atoms with Crippen LogP contribution in [0.2, 0.25) is 10.0 Å². The Hall–Kier alpha value is -2.21. The zero-order chi connectivity index (χ0) is 18.0. The third kappa shape index (κ3) is 3.31. The van der Waals surface area contributed by atoms with Gasteiger partial charge in [-0.2, -0.15) is 0 Å². The summed E-state index contributed by atoms with van der Waals surface area (Å²) in [6, 6.07) is 10.3. The fourth-order valence-corrected chi connectivity index (χ4v) is 2.92. The Balaban J connectivity index is 2.17. The van der Waals surface area contributed by atoms with Crippen molar-refractivity contribution in [3.05, 3.63) is 52.0 Å². The van der Waals surface area contributed by atoms with Crippen molar-refractivity contribution in [2.24, 2.45) is 0 Å². The summed E-state index contributed by atoms with van der Waals surface area (Å²) in [7, 11) is 3.12. The lowest BCUT2D eigenvalue weighted by Crippen LogP contribution is -1.94. The predicted octanol–water partition coefficient (Wildman–Crippen LogP) is 4.82. The number of aliphatic hydroxyl groups is 1. The van der Waals surface area contributed by atoms with Crippen LogP contribution >= 0.6 is 23.2 Å². The van der Waals surface area contributed by atoms with Gasteiger partial charge in [0.15, 0.2) is 5.76 Å². The van der Waals surface area contributed by atoms with Crippen molar-refractivity contribution in [2.45, 2.75) is 6.61 Å². The molecule has 0 saturated carbocycles. The van der Waals surface area contributed by atoms with E-state index in [4.69, 9.17) is 37.2 Å². The van der Waals surface area contributed by atoms with Gasteiger partial charge < -0.3 is 19.1 Å². The highest BCUT2D eigenvalue weighted by molar-refractivity contribution is 6.35. The summed E-state index contributed by atoms with van der Waals surface area (Å²) in [5.74, 6) is 1.56. The third-order valence-corrected chi connectivity index (χ3v) is 4.35. The third-order valence-electron chi connectivity index (χ3n) is 3.78. The highest BCUT2D eigenvalue weighted by Gasteiger charge is 2.22. The van der Waals surface area contributed by atoms with E-state index in [1.807, 2.05) is 0 Å². The largest absolute Gasteiger partial charge is 0.497 e. The second kappa shape index (κ2) is 7.35. The van der Waals surface area contributed by atoms with E-state index in [-0.39, 0.29) is 6.61 Å². The van der Waals surface area contributed by atoms with Gasteiger partial charge in [0, 0.05) is 22.2 Å². The van der Waals surface area contributed by atoms with Crippen molar-refractivity contribution < 1.29 is 19.1 Å². The molecule has 3 rings (SSSR count). The quantitative estimate of drug-likeness (QED) is 0.687. The molecule has 0 aliphatic rings. The number of hydrogen-bond acceptors (Lipinski definition) is 5. The first-order chi connectivity index (χ1) is 12.1. The topological polar surface area (TPSA) is 64.7 Å². The Labute approximate surface area is 154 Å². The van der Waals surface area contributed by atoms with E-state index >= 15 is 0 Å². The van der Waals surface area contributed by atoms with Crippen LogP contribution in [0.15, 0.2) is 40.9 Å². The second-order valence-corrected chi connectivity index (χ2v) is 6.03. The van der Waals surface area contributed by atoms with Crippen LogP contribution < -0.4 is 9.47 Å². The van der Waals surface area contributed by atoms with Crippen molar-refractivity contribution in [1.29, 1.82) is 0 Å². The molecule has 0 amide bonds. The molecule has 0 atom stereocenters. The number of rotatable bonds is 5. The van der Waals surface area contributed by atoms with Gasteiger partial charge >= 0.3 is 0 Å². The minimum Gasteiger partial charge on any atom is -0.497 e. The van der Waals surface area contributed by atoms with Crippen molar-refractivity contribution in [2.75, 3.05) is 14.2 Å². The van der Waals surface area contributed by atoms with Crippen LogP contribution in [0.1, 0.15) is 5.56 Å². The number of aliphatic hydroxyl groups excluding tert-OH is 1. The van der Waals surface area contributed by atoms with Gasteiger partial charge in [-0.15, -0.1) is 0 Å². The molecule has 7 heteroatoms. The lowest BCUT2D eigenvalue weighted by Gasteiger charge is -2.09. The van der Waals surface area contributed by atoms with Crippen molar-refractivity contribution in [3.63, 3.8) is 0 Å². The smallest absolute Gasteiger partial charge is 0.174 e. The minimum absolute atomic E-state index is 0.286. The van der Waals surface area contributed by atoms with Gasteiger partial charge in [0.05, 0.1) is 31.4 Å². The molecule has 1 heterocycles. The van der Waals surface area contributed by atoms with Crippen LogP contribution in [-0.4, -0.2) is 24.5 Å². The van der Waals surface area contributed by atoms with Crippen LogP contribution in [-0.2, 0) is 6.61 Å². The number of ether oxygens (including phenoxy) is 2. The Bertz CT molecular complexity index is 908. The Kier molecular flexibility index (Phi) is 5.18. The molecule has 0 aliphatic carbocycles. The zero-order valence-corrected chi connectivity index (χ0v) is 15.1. The van der Waals surface area contributed by atoms with E-state index in [9.17, 15) is 5.11 Å². The molecule has 3 aromatic rings. The molecule has 0 radical (unpaired) electrons. The molecule has 5 nitrogen and oxygen atoms in total. The summed E-state index contributed by atoms with van der Waals surface area (Å²) >= 11 is 12.3. The Morgan fingerprint density at radius 2 is 1.84 bits per heavy atom. The molecule has 1 N–H and O–H groups in total. The van der Waals surface area contributed by atoms with Crippen molar-refractivity contribution >= 4 is 23.2 Å². The molecule has 0 fully saturated rings. The van der Waals surface area contributed by atoms with Crippen molar-refractivity contribution in [3.8, 4) is 34.1 Å². The first-order valence-corrected chi connectivity index (χ1v) is 8.11. The van der Waals surface area contributed by atoms with E-state index in [0.717, 1.165) is 0 Å². The van der Waals surface area contributed by atoms with Crippen molar-refractivity contribution in [1.82, 2.24) is 5.16 Å². The van der Waals surface area contributed by atoms with Gasteiger partial charge in [-0.1, -0.05) is 28.4 Å². The normalized spacial score (nSPS) is 10.8. The minimum atomic E-state index is -0.286. The van der Waals surface area contributed by atoms with E-state index in [0.29, 0.717) is 49.7 Å². The van der Waals surface area contributed by atoms with Crippen LogP contribution in [0.4, 0.5) is 0 Å². The number of aromatic nitrogens is 1. The first-order valence-electron chi connectivity index (χ1n) is 7.36. The van der Waals surface area contributed by atoms with Gasteiger partial charge in [0.2, 0.25) is 0 Å². The molecule has 2 aromatic carbocycles. The number of nitrogens with zero attached hydrogens (tertiary/aromatic N) is 1. The van der Waals surface area contributed by atoms with E-state index < -0.39 is 0 Å². The fourth-order valence-electron chi connectivity index (χ4n) is 2.54. The molecule has 1 aromatic heterocycles. The standard InChI is InChI=1S/C18H15Cl2NO4/c1-23-11-4-5-12(16(8-11)24-2)17-14(9-22)18(25-21-17)13-7-10(19)3-6-15(13)20/h3-8,22H,9H2,1-2H3. The average molecular weight is 380 g/mol. The molecule has 0 spiro atoms. The molecule has 0 bridgehead atoms. The lowest BCUT2D eigenvalue weighted by atomic mass is 10.0. The number of hydrogen-bond donors (Lipinski definition) is 1. The fraction of sp³-hybridized carbons (Fsp3) is 0.167. The van der Waals surface area contributed by atoms with Crippen LogP contribution in [0.25, 0.3) is 22.6 Å². The predicted molar refractivity (Wildman–Crippen MR) is 96.4 cm³/mol. The molecule has 0 saturated heterocycles. The summed E-state index contributed by atoms with van der Waals surface area (Å²) in [5, 5.41) is 15.0. The van der Waals surface area contributed by atoms with Crippen LogP contribution in [0.5, 0.6) is 11.5 Å². The zero-order valence-electron chi connectivity index (χ0n) is 13.5. The maximum Gasteiger partial charge on any atom is 0.174 e. The van der Waals surface area contributed by atoms with Gasteiger partial charge in [-0.25, -0.2) is 0 Å². The van der Waals surface area contributed by atoms with E-state index in [1.54, 1.807) is 50.6 Å². The molecule has 0 aliphatic heterocycles. The highest BCUT2D eigenvalue weighted by Crippen LogP contribution is 2.40. The first kappa shape index (κ1) is 17.6. The lowest BCUT2D eigenvalue weighted by molar-refractivity contribution is 0.281. The average Bonchev–Trinajstić information content (AvgIpc) is 3.06. The molecular formula is C18H15Cl2NO4. The maximum absolute atomic E-state index is 9.89.